The largest absolute Gasteiger partial charge is 0.457 e. The molecule has 1 heterocycles. The Morgan fingerprint density at radius 1 is 1.18 bits per heavy atom. The van der Waals surface area contributed by atoms with Crippen molar-refractivity contribution in [2.75, 3.05) is 5.32 Å². The summed E-state index contributed by atoms with van der Waals surface area (Å²) >= 11 is 2.77. The van der Waals surface area contributed by atoms with E-state index in [-0.39, 0.29) is 17.1 Å². The Labute approximate surface area is 194 Å². The molecule has 174 valence electrons. The molecule has 0 saturated carbocycles. The number of alkyl halides is 3. The number of benzene rings is 2. The number of hydrogen-bond donors (Lipinski definition) is 1. The molecule has 1 aromatic heterocycles. The minimum Gasteiger partial charge on any atom is -0.457 e. The summed E-state index contributed by atoms with van der Waals surface area (Å²) in [5.74, 6) is -0.386. The molecule has 0 radical (unpaired) electrons. The number of halogens is 4. The van der Waals surface area contributed by atoms with Gasteiger partial charge in [0.15, 0.2) is 5.69 Å². The van der Waals surface area contributed by atoms with E-state index in [0.717, 1.165) is 27.4 Å². The fraction of sp³-hybridized carbons (Fsp3) is 0.238. The van der Waals surface area contributed by atoms with Crippen LogP contribution in [0.4, 0.5) is 24.5 Å². The molecular formula is C21H18BrF3N4O4. The van der Waals surface area contributed by atoms with Gasteiger partial charge in [0.2, 0.25) is 0 Å². The van der Waals surface area contributed by atoms with Crippen molar-refractivity contribution in [1.82, 2.24) is 9.78 Å². The summed E-state index contributed by atoms with van der Waals surface area (Å²) in [7, 11) is 1.18. The topological polar surface area (TPSA) is 99.3 Å². The lowest BCUT2D eigenvalue weighted by Crippen LogP contribution is -2.16. The van der Waals surface area contributed by atoms with Crippen LogP contribution in [0.2, 0.25) is 0 Å². The molecule has 0 saturated heterocycles. The van der Waals surface area contributed by atoms with E-state index in [9.17, 15) is 28.1 Å². The SMILES string of the molecule is Cc1cc(C)c(C)c(Oc2cc(NC(=O)c3c(Br)c(C(F)(F)F)nn3C)cc([N+](=O)[O-])c2)c1. The molecule has 33 heavy (non-hydrogen) atoms. The van der Waals surface area contributed by atoms with E-state index < -0.39 is 32.9 Å². The molecule has 1 N–H and O–H groups in total. The molecule has 1 amide bonds. The molecule has 0 spiro atoms. The fourth-order valence-corrected chi connectivity index (χ4v) is 3.91. The average Bonchev–Trinajstić information content (AvgIpc) is 3.00. The number of nitrogens with zero attached hydrogens (tertiary/aromatic N) is 3. The van der Waals surface area contributed by atoms with Gasteiger partial charge in [-0.15, -0.1) is 0 Å². The summed E-state index contributed by atoms with van der Waals surface area (Å²) in [4.78, 5) is 23.4. The van der Waals surface area contributed by atoms with Gasteiger partial charge in [-0.2, -0.15) is 18.3 Å². The van der Waals surface area contributed by atoms with Gasteiger partial charge in [-0.25, -0.2) is 0 Å². The third-order valence-electron chi connectivity index (χ3n) is 4.82. The molecule has 0 aliphatic heterocycles. The standard InChI is InChI=1S/C21H18BrF3N4O4/c1-10-5-11(2)12(3)16(6-10)33-15-8-13(7-14(9-15)29(31)32)26-20(30)18-17(22)19(21(23,24)25)27-28(18)4/h5-9H,1-4H3,(H,26,30). The molecule has 3 rings (SSSR count). The summed E-state index contributed by atoms with van der Waals surface area (Å²) < 4.78 is 45.4. The van der Waals surface area contributed by atoms with Crippen molar-refractivity contribution in [2.24, 2.45) is 7.05 Å². The molecule has 0 bridgehead atoms. The van der Waals surface area contributed by atoms with Gasteiger partial charge < -0.3 is 10.1 Å². The molecule has 12 heteroatoms. The number of nitro benzene ring substituents is 1. The van der Waals surface area contributed by atoms with Crippen molar-refractivity contribution in [3.05, 3.63) is 73.0 Å². The maximum Gasteiger partial charge on any atom is 0.436 e. The number of hydrogen-bond acceptors (Lipinski definition) is 5. The van der Waals surface area contributed by atoms with Crippen LogP contribution in [0.1, 0.15) is 32.9 Å². The Morgan fingerprint density at radius 2 is 1.85 bits per heavy atom. The smallest absolute Gasteiger partial charge is 0.436 e. The molecule has 8 nitrogen and oxygen atoms in total. The Bertz CT molecular complexity index is 1270. The van der Waals surface area contributed by atoms with E-state index in [1.54, 1.807) is 6.07 Å². The monoisotopic (exact) mass is 526 g/mol. The number of nitrogens with one attached hydrogen (secondary N) is 1. The van der Waals surface area contributed by atoms with Gasteiger partial charge in [-0.1, -0.05) is 6.07 Å². The Morgan fingerprint density at radius 3 is 2.42 bits per heavy atom. The first-order valence-electron chi connectivity index (χ1n) is 9.44. The summed E-state index contributed by atoms with van der Waals surface area (Å²) in [5.41, 5.74) is 0.651. The van der Waals surface area contributed by atoms with E-state index in [1.807, 2.05) is 26.8 Å². The maximum absolute atomic E-state index is 13.1. The van der Waals surface area contributed by atoms with Crippen molar-refractivity contribution < 1.29 is 27.6 Å². The first-order valence-corrected chi connectivity index (χ1v) is 10.2. The quantitative estimate of drug-likeness (QED) is 0.320. The highest BCUT2D eigenvalue weighted by molar-refractivity contribution is 9.10. The lowest BCUT2D eigenvalue weighted by atomic mass is 10.1. The van der Waals surface area contributed by atoms with Crippen molar-refractivity contribution in [1.29, 1.82) is 0 Å². The fourth-order valence-electron chi connectivity index (χ4n) is 3.17. The van der Waals surface area contributed by atoms with Crippen LogP contribution in [-0.4, -0.2) is 20.6 Å². The second kappa shape index (κ2) is 8.85. The Kier molecular flexibility index (Phi) is 6.50. The number of ether oxygens (including phenoxy) is 1. The van der Waals surface area contributed by atoms with Crippen molar-refractivity contribution in [3.8, 4) is 11.5 Å². The first-order chi connectivity index (χ1) is 15.3. The van der Waals surface area contributed by atoms with E-state index in [1.165, 1.54) is 19.2 Å². The van der Waals surface area contributed by atoms with Gasteiger partial charge >= 0.3 is 6.18 Å². The van der Waals surface area contributed by atoms with Crippen molar-refractivity contribution in [3.63, 3.8) is 0 Å². The number of non-ortho nitro benzene ring substituents is 1. The highest BCUT2D eigenvalue weighted by Gasteiger charge is 2.39. The molecule has 0 aliphatic rings. The van der Waals surface area contributed by atoms with E-state index in [0.29, 0.717) is 5.75 Å². The molecule has 0 unspecified atom stereocenters. The number of aryl methyl sites for hydroxylation is 3. The zero-order valence-corrected chi connectivity index (χ0v) is 19.5. The van der Waals surface area contributed by atoms with Gasteiger partial charge in [0.1, 0.15) is 17.2 Å². The Balaban J connectivity index is 1.98. The van der Waals surface area contributed by atoms with Crippen LogP contribution >= 0.6 is 15.9 Å². The van der Waals surface area contributed by atoms with E-state index >= 15 is 0 Å². The average molecular weight is 527 g/mol. The van der Waals surface area contributed by atoms with Crippen LogP contribution in [-0.2, 0) is 13.2 Å². The highest BCUT2D eigenvalue weighted by atomic mass is 79.9. The van der Waals surface area contributed by atoms with Crippen LogP contribution in [0.15, 0.2) is 34.8 Å². The molecule has 0 atom stereocenters. The summed E-state index contributed by atoms with van der Waals surface area (Å²) in [6.07, 6.45) is -4.77. The number of anilines is 1. The predicted octanol–water partition coefficient (Wildman–Crippen LogP) is 6.08. The van der Waals surface area contributed by atoms with Crippen molar-refractivity contribution in [2.45, 2.75) is 26.9 Å². The maximum atomic E-state index is 13.1. The first kappa shape index (κ1) is 24.2. The highest BCUT2D eigenvalue weighted by Crippen LogP contribution is 2.37. The third-order valence-corrected chi connectivity index (χ3v) is 5.58. The second-order valence-corrected chi connectivity index (χ2v) is 8.16. The lowest BCUT2D eigenvalue weighted by molar-refractivity contribution is -0.384. The van der Waals surface area contributed by atoms with Crippen LogP contribution in [0.5, 0.6) is 11.5 Å². The van der Waals surface area contributed by atoms with Gasteiger partial charge in [-0.05, 0) is 59.5 Å². The van der Waals surface area contributed by atoms with Crippen LogP contribution in [0.25, 0.3) is 0 Å². The Hall–Kier alpha value is -3.41. The van der Waals surface area contributed by atoms with E-state index in [2.05, 4.69) is 26.3 Å². The van der Waals surface area contributed by atoms with Crippen LogP contribution < -0.4 is 10.1 Å². The molecule has 3 aromatic rings. The van der Waals surface area contributed by atoms with Gasteiger partial charge in [-0.3, -0.25) is 19.6 Å². The normalized spacial score (nSPS) is 11.4. The zero-order valence-electron chi connectivity index (χ0n) is 17.9. The van der Waals surface area contributed by atoms with Crippen molar-refractivity contribution >= 4 is 33.2 Å². The number of carbonyl (C=O) groups is 1. The number of amides is 1. The van der Waals surface area contributed by atoms with Gasteiger partial charge in [0, 0.05) is 19.2 Å². The third kappa shape index (κ3) is 5.16. The predicted molar refractivity (Wildman–Crippen MR) is 118 cm³/mol. The minimum absolute atomic E-state index is 0.0344. The summed E-state index contributed by atoms with van der Waals surface area (Å²) in [5, 5.41) is 17.1. The molecule has 2 aromatic carbocycles. The molecule has 0 fully saturated rings. The summed E-state index contributed by atoms with van der Waals surface area (Å²) in [6, 6.07) is 7.34. The number of nitro groups is 1. The van der Waals surface area contributed by atoms with Gasteiger partial charge in [0.05, 0.1) is 21.1 Å². The summed E-state index contributed by atoms with van der Waals surface area (Å²) in [6.45, 7) is 5.61. The molecular weight excluding hydrogens is 509 g/mol. The van der Waals surface area contributed by atoms with Crippen LogP contribution in [0.3, 0.4) is 0 Å². The second-order valence-electron chi connectivity index (χ2n) is 7.37. The van der Waals surface area contributed by atoms with E-state index in [4.69, 9.17) is 4.74 Å². The number of carbonyl (C=O) groups excluding carboxylic acids is 1. The van der Waals surface area contributed by atoms with Gasteiger partial charge in [0.25, 0.3) is 11.6 Å². The van der Waals surface area contributed by atoms with Crippen LogP contribution in [0, 0.1) is 30.9 Å². The lowest BCUT2D eigenvalue weighted by Gasteiger charge is -2.13. The molecule has 0 aliphatic carbocycles. The number of aromatic nitrogens is 2. The minimum atomic E-state index is -4.77. The number of rotatable bonds is 5. The zero-order chi connectivity index (χ0) is 24.7.